The van der Waals surface area contributed by atoms with E-state index in [-0.39, 0.29) is 0 Å². The molecule has 4 heteroatoms. The standard InChI is InChI=1S/C9H8IN3/c1-11-9-12-5-6-2-3-7(10)4-8(6)13-9/h2-5H,1H3,(H,11,12,13). The predicted molar refractivity (Wildman–Crippen MR) is 61.8 cm³/mol. The predicted octanol–water partition coefficient (Wildman–Crippen LogP) is 2.28. The largest absolute Gasteiger partial charge is 0.357 e. The van der Waals surface area contributed by atoms with Crippen LogP contribution in [0.3, 0.4) is 0 Å². The van der Waals surface area contributed by atoms with E-state index in [1.165, 1.54) is 3.57 Å². The van der Waals surface area contributed by atoms with Crippen LogP contribution in [0.25, 0.3) is 10.9 Å². The van der Waals surface area contributed by atoms with Gasteiger partial charge in [0.1, 0.15) is 0 Å². The summed E-state index contributed by atoms with van der Waals surface area (Å²) < 4.78 is 1.19. The summed E-state index contributed by atoms with van der Waals surface area (Å²) in [6, 6.07) is 6.11. The van der Waals surface area contributed by atoms with Crippen molar-refractivity contribution in [2.45, 2.75) is 0 Å². The molecule has 0 saturated heterocycles. The van der Waals surface area contributed by atoms with Crippen molar-refractivity contribution in [3.8, 4) is 0 Å². The molecule has 0 radical (unpaired) electrons. The Hall–Kier alpha value is -0.910. The maximum Gasteiger partial charge on any atom is 0.222 e. The monoisotopic (exact) mass is 285 g/mol. The van der Waals surface area contributed by atoms with E-state index in [1.54, 1.807) is 0 Å². The van der Waals surface area contributed by atoms with E-state index in [9.17, 15) is 0 Å². The Morgan fingerprint density at radius 3 is 3.00 bits per heavy atom. The number of benzene rings is 1. The van der Waals surface area contributed by atoms with E-state index in [0.717, 1.165) is 10.9 Å². The summed E-state index contributed by atoms with van der Waals surface area (Å²) in [5.74, 6) is 0.662. The number of hydrogen-bond acceptors (Lipinski definition) is 3. The average Bonchev–Trinajstić information content (AvgIpc) is 2.16. The van der Waals surface area contributed by atoms with Gasteiger partial charge in [-0.05, 0) is 34.7 Å². The molecule has 2 aromatic rings. The van der Waals surface area contributed by atoms with Crippen LogP contribution in [0.15, 0.2) is 24.4 Å². The highest BCUT2D eigenvalue weighted by molar-refractivity contribution is 14.1. The zero-order valence-electron chi connectivity index (χ0n) is 7.08. The maximum absolute atomic E-state index is 4.33. The summed E-state index contributed by atoms with van der Waals surface area (Å²) in [6.45, 7) is 0. The number of aromatic nitrogens is 2. The van der Waals surface area contributed by atoms with Crippen LogP contribution in [-0.4, -0.2) is 17.0 Å². The van der Waals surface area contributed by atoms with Crippen molar-refractivity contribution in [2.75, 3.05) is 12.4 Å². The van der Waals surface area contributed by atoms with E-state index in [2.05, 4.69) is 37.9 Å². The van der Waals surface area contributed by atoms with Crippen LogP contribution >= 0.6 is 22.6 Å². The fourth-order valence-electron chi connectivity index (χ4n) is 1.12. The first-order valence-electron chi connectivity index (χ1n) is 3.89. The van der Waals surface area contributed by atoms with Crippen LogP contribution in [0, 0.1) is 3.57 Å². The molecule has 66 valence electrons. The quantitative estimate of drug-likeness (QED) is 0.817. The van der Waals surface area contributed by atoms with Crippen molar-refractivity contribution in [2.24, 2.45) is 0 Å². The first-order valence-corrected chi connectivity index (χ1v) is 4.97. The van der Waals surface area contributed by atoms with Crippen molar-refractivity contribution >= 4 is 39.4 Å². The van der Waals surface area contributed by atoms with E-state index < -0.39 is 0 Å². The normalized spacial score (nSPS) is 10.3. The van der Waals surface area contributed by atoms with Crippen molar-refractivity contribution in [3.63, 3.8) is 0 Å². The zero-order valence-corrected chi connectivity index (χ0v) is 9.24. The smallest absolute Gasteiger partial charge is 0.222 e. The molecule has 1 aromatic carbocycles. The van der Waals surface area contributed by atoms with Gasteiger partial charge in [0.25, 0.3) is 0 Å². The fourth-order valence-corrected chi connectivity index (χ4v) is 1.59. The molecule has 0 fully saturated rings. The molecule has 1 N–H and O–H groups in total. The molecule has 0 bridgehead atoms. The Morgan fingerprint density at radius 2 is 2.23 bits per heavy atom. The molecule has 0 saturated carbocycles. The minimum atomic E-state index is 0.662. The minimum Gasteiger partial charge on any atom is -0.357 e. The molecular formula is C9H8IN3. The van der Waals surface area contributed by atoms with Crippen molar-refractivity contribution in [1.29, 1.82) is 0 Å². The van der Waals surface area contributed by atoms with Crippen LogP contribution in [0.4, 0.5) is 5.95 Å². The lowest BCUT2D eigenvalue weighted by molar-refractivity contribution is 1.19. The van der Waals surface area contributed by atoms with Gasteiger partial charge in [-0.3, -0.25) is 0 Å². The van der Waals surface area contributed by atoms with Gasteiger partial charge >= 0.3 is 0 Å². The number of nitrogens with zero attached hydrogens (tertiary/aromatic N) is 2. The topological polar surface area (TPSA) is 37.8 Å². The molecule has 13 heavy (non-hydrogen) atoms. The molecule has 1 aromatic heterocycles. The van der Waals surface area contributed by atoms with Gasteiger partial charge in [-0.25, -0.2) is 9.97 Å². The Bertz CT molecular complexity index is 442. The van der Waals surface area contributed by atoms with Crippen molar-refractivity contribution in [3.05, 3.63) is 28.0 Å². The number of nitrogens with one attached hydrogen (secondary N) is 1. The van der Waals surface area contributed by atoms with E-state index in [4.69, 9.17) is 0 Å². The lowest BCUT2D eigenvalue weighted by atomic mass is 10.2. The van der Waals surface area contributed by atoms with Gasteiger partial charge in [-0.2, -0.15) is 0 Å². The summed E-state index contributed by atoms with van der Waals surface area (Å²) >= 11 is 2.27. The number of anilines is 1. The Morgan fingerprint density at radius 1 is 1.38 bits per heavy atom. The fraction of sp³-hybridized carbons (Fsp3) is 0.111. The molecule has 0 aliphatic carbocycles. The third-order valence-electron chi connectivity index (χ3n) is 1.77. The highest BCUT2D eigenvalue weighted by Gasteiger charge is 1.97. The zero-order chi connectivity index (χ0) is 9.26. The SMILES string of the molecule is CNc1ncc2ccc(I)cc2n1. The van der Waals surface area contributed by atoms with Crippen LogP contribution < -0.4 is 5.32 Å². The van der Waals surface area contributed by atoms with Gasteiger partial charge < -0.3 is 5.32 Å². The molecule has 0 aliphatic rings. The van der Waals surface area contributed by atoms with Crippen molar-refractivity contribution in [1.82, 2.24) is 9.97 Å². The third-order valence-corrected chi connectivity index (χ3v) is 2.44. The van der Waals surface area contributed by atoms with Crippen LogP contribution in [0.5, 0.6) is 0 Å². The lowest BCUT2D eigenvalue weighted by Gasteiger charge is -2.00. The first kappa shape index (κ1) is 8.68. The van der Waals surface area contributed by atoms with E-state index in [0.29, 0.717) is 5.95 Å². The lowest BCUT2D eigenvalue weighted by Crippen LogP contribution is -1.95. The van der Waals surface area contributed by atoms with Gasteiger partial charge in [0.2, 0.25) is 5.95 Å². The highest BCUT2D eigenvalue weighted by Crippen LogP contribution is 2.15. The van der Waals surface area contributed by atoms with Gasteiger partial charge in [0.15, 0.2) is 0 Å². The molecular weight excluding hydrogens is 277 g/mol. The molecule has 2 rings (SSSR count). The van der Waals surface area contributed by atoms with Gasteiger partial charge in [0, 0.05) is 22.2 Å². The summed E-state index contributed by atoms with van der Waals surface area (Å²) in [5.41, 5.74) is 0.978. The summed E-state index contributed by atoms with van der Waals surface area (Å²) in [4.78, 5) is 8.46. The summed E-state index contributed by atoms with van der Waals surface area (Å²) in [6.07, 6.45) is 1.82. The second-order valence-corrected chi connectivity index (χ2v) is 3.89. The molecule has 0 amide bonds. The molecule has 0 spiro atoms. The summed E-state index contributed by atoms with van der Waals surface area (Å²) in [5, 5.41) is 3.98. The number of hydrogen-bond donors (Lipinski definition) is 1. The maximum atomic E-state index is 4.33. The second kappa shape index (κ2) is 3.45. The van der Waals surface area contributed by atoms with Crippen LogP contribution in [0.1, 0.15) is 0 Å². The average molecular weight is 285 g/mol. The van der Waals surface area contributed by atoms with E-state index >= 15 is 0 Å². The molecule has 0 unspecified atom stereocenters. The van der Waals surface area contributed by atoms with E-state index in [1.807, 2.05) is 31.4 Å². The molecule has 0 aliphatic heterocycles. The number of rotatable bonds is 1. The second-order valence-electron chi connectivity index (χ2n) is 2.65. The number of halogens is 1. The number of fused-ring (bicyclic) bond motifs is 1. The Balaban J connectivity index is 2.68. The van der Waals surface area contributed by atoms with Gasteiger partial charge in [0.05, 0.1) is 5.52 Å². The molecule has 1 heterocycles. The molecule has 3 nitrogen and oxygen atoms in total. The highest BCUT2D eigenvalue weighted by atomic mass is 127. The third kappa shape index (κ3) is 1.72. The first-order chi connectivity index (χ1) is 6.29. The molecule has 0 atom stereocenters. The van der Waals surface area contributed by atoms with Gasteiger partial charge in [-0.15, -0.1) is 0 Å². The van der Waals surface area contributed by atoms with Crippen LogP contribution in [0.2, 0.25) is 0 Å². The minimum absolute atomic E-state index is 0.662. The van der Waals surface area contributed by atoms with Crippen molar-refractivity contribution < 1.29 is 0 Å². The Kier molecular flexibility index (Phi) is 2.30. The van der Waals surface area contributed by atoms with Crippen LogP contribution in [-0.2, 0) is 0 Å². The van der Waals surface area contributed by atoms with Gasteiger partial charge in [-0.1, -0.05) is 6.07 Å². The summed E-state index contributed by atoms with van der Waals surface area (Å²) in [7, 11) is 1.81. The Labute approximate surface area is 89.7 Å².